The topological polar surface area (TPSA) is 74.2 Å². The molecule has 0 amide bonds. The molecule has 17 heavy (non-hydrogen) atoms. The first-order valence-electron chi connectivity index (χ1n) is 5.63. The van der Waals surface area contributed by atoms with Crippen LogP contribution in [0.1, 0.15) is 20.8 Å². The number of carbonyl (C=O) groups excluding carboxylic acids is 1. The van der Waals surface area contributed by atoms with Gasteiger partial charge in [-0.2, -0.15) is 0 Å². The number of fused-ring (bicyclic) bond motifs is 1. The summed E-state index contributed by atoms with van der Waals surface area (Å²) in [7, 11) is 1.26. The third kappa shape index (κ3) is 2.18. The predicted octanol–water partition coefficient (Wildman–Crippen LogP) is 0.0328. The van der Waals surface area contributed by atoms with Crippen LogP contribution >= 0.6 is 0 Å². The van der Waals surface area contributed by atoms with Gasteiger partial charge >= 0.3 is 5.97 Å². The van der Waals surface area contributed by atoms with E-state index < -0.39 is 30.3 Å². The molecule has 0 radical (unpaired) electrons. The van der Waals surface area contributed by atoms with Gasteiger partial charge in [-0.3, -0.25) is 0 Å². The van der Waals surface area contributed by atoms with Gasteiger partial charge in [0.2, 0.25) is 0 Å². The zero-order valence-electron chi connectivity index (χ0n) is 10.4. The lowest BCUT2D eigenvalue weighted by Gasteiger charge is -2.37. The Morgan fingerprint density at radius 2 is 2.00 bits per heavy atom. The largest absolute Gasteiger partial charge is 0.467 e. The average molecular weight is 246 g/mol. The highest BCUT2D eigenvalue weighted by Gasteiger charge is 2.54. The molecular formula is C11H18O6. The summed E-state index contributed by atoms with van der Waals surface area (Å²) in [4.78, 5) is 11.5. The van der Waals surface area contributed by atoms with Gasteiger partial charge in [-0.05, 0) is 13.8 Å². The van der Waals surface area contributed by atoms with Crippen LogP contribution in [0.25, 0.3) is 0 Å². The van der Waals surface area contributed by atoms with E-state index in [1.165, 1.54) is 7.11 Å². The van der Waals surface area contributed by atoms with Crippen molar-refractivity contribution in [2.75, 3.05) is 7.11 Å². The molecule has 2 fully saturated rings. The molecule has 0 aromatic rings. The summed E-state index contributed by atoms with van der Waals surface area (Å²) in [5, 5.41) is 9.99. The van der Waals surface area contributed by atoms with Gasteiger partial charge in [0.25, 0.3) is 0 Å². The van der Waals surface area contributed by atoms with Crippen LogP contribution in [0.3, 0.4) is 0 Å². The minimum absolute atomic E-state index is 0.264. The second-order valence-corrected chi connectivity index (χ2v) is 4.90. The van der Waals surface area contributed by atoms with Crippen LogP contribution in [0.2, 0.25) is 0 Å². The number of carbonyl (C=O) groups is 1. The van der Waals surface area contributed by atoms with Gasteiger partial charge in [0.05, 0.1) is 13.2 Å². The second-order valence-electron chi connectivity index (χ2n) is 4.90. The van der Waals surface area contributed by atoms with Crippen molar-refractivity contribution in [1.29, 1.82) is 0 Å². The Morgan fingerprint density at radius 3 is 2.59 bits per heavy atom. The number of esters is 1. The van der Waals surface area contributed by atoms with Crippen LogP contribution in [0.15, 0.2) is 0 Å². The zero-order valence-corrected chi connectivity index (χ0v) is 10.4. The Bertz CT molecular complexity index is 315. The monoisotopic (exact) mass is 246 g/mol. The van der Waals surface area contributed by atoms with Gasteiger partial charge in [-0.15, -0.1) is 0 Å². The third-order valence-corrected chi connectivity index (χ3v) is 3.17. The highest BCUT2D eigenvalue weighted by atomic mass is 16.8. The molecule has 2 heterocycles. The van der Waals surface area contributed by atoms with Crippen molar-refractivity contribution < 1.29 is 28.8 Å². The summed E-state index contributed by atoms with van der Waals surface area (Å²) in [5.41, 5.74) is 0. The second kappa shape index (κ2) is 4.20. The molecule has 0 aromatic heterocycles. The molecule has 2 rings (SSSR count). The molecule has 0 saturated carbocycles. The zero-order chi connectivity index (χ0) is 12.8. The van der Waals surface area contributed by atoms with Crippen LogP contribution in [0, 0.1) is 5.92 Å². The molecule has 2 aliphatic rings. The van der Waals surface area contributed by atoms with E-state index in [1.807, 2.05) is 0 Å². The van der Waals surface area contributed by atoms with E-state index in [-0.39, 0.29) is 12.0 Å². The molecular weight excluding hydrogens is 228 g/mol. The SMILES string of the molecule is COC(=O)C1O[C@@H]2OC(C)(C)OC2[C@@H](C)[C@H]1O. The fourth-order valence-electron chi connectivity index (χ4n) is 2.22. The normalized spacial score (nSPS) is 44.2. The number of hydrogen-bond acceptors (Lipinski definition) is 6. The molecule has 1 N–H and O–H groups in total. The van der Waals surface area contributed by atoms with Crippen molar-refractivity contribution in [3.05, 3.63) is 0 Å². The summed E-state index contributed by atoms with van der Waals surface area (Å²) < 4.78 is 21.2. The first kappa shape index (κ1) is 12.8. The summed E-state index contributed by atoms with van der Waals surface area (Å²) >= 11 is 0. The van der Waals surface area contributed by atoms with Crippen LogP contribution in [-0.4, -0.2) is 48.6 Å². The minimum Gasteiger partial charge on any atom is -0.467 e. The Balaban J connectivity index is 2.16. The minimum atomic E-state index is -1.02. The summed E-state index contributed by atoms with van der Waals surface area (Å²) in [6.07, 6.45) is -3.00. The maximum atomic E-state index is 11.5. The van der Waals surface area contributed by atoms with Crippen molar-refractivity contribution in [3.8, 4) is 0 Å². The van der Waals surface area contributed by atoms with E-state index in [2.05, 4.69) is 4.74 Å². The van der Waals surface area contributed by atoms with Crippen molar-refractivity contribution in [2.24, 2.45) is 5.92 Å². The Hall–Kier alpha value is -0.690. The van der Waals surface area contributed by atoms with Gasteiger partial charge in [-0.25, -0.2) is 4.79 Å². The number of aliphatic hydroxyl groups is 1. The first-order valence-corrected chi connectivity index (χ1v) is 5.63. The maximum absolute atomic E-state index is 11.5. The van der Waals surface area contributed by atoms with E-state index in [9.17, 15) is 9.90 Å². The lowest BCUT2D eigenvalue weighted by Crippen LogP contribution is -2.55. The quantitative estimate of drug-likeness (QED) is 0.658. The summed E-state index contributed by atoms with van der Waals surface area (Å²) in [6, 6.07) is 0. The van der Waals surface area contributed by atoms with Crippen molar-refractivity contribution in [2.45, 2.75) is 51.2 Å². The number of hydrogen-bond donors (Lipinski definition) is 1. The van der Waals surface area contributed by atoms with Gasteiger partial charge < -0.3 is 24.1 Å². The first-order chi connectivity index (χ1) is 7.85. The molecule has 6 nitrogen and oxygen atoms in total. The van der Waals surface area contributed by atoms with Crippen molar-refractivity contribution in [1.82, 2.24) is 0 Å². The highest BCUT2D eigenvalue weighted by molar-refractivity contribution is 5.75. The standard InChI is InChI=1S/C11H18O6/c1-5-6(12)8(9(13)14-4)15-10-7(5)16-11(2,3)17-10/h5-8,10,12H,1-4H3/t5-,6+,7?,8?,10+/m0/s1. The third-order valence-electron chi connectivity index (χ3n) is 3.17. The maximum Gasteiger partial charge on any atom is 0.337 e. The fraction of sp³-hybridized carbons (Fsp3) is 0.909. The van der Waals surface area contributed by atoms with E-state index >= 15 is 0 Å². The van der Waals surface area contributed by atoms with E-state index in [0.717, 1.165) is 0 Å². The molecule has 6 heteroatoms. The van der Waals surface area contributed by atoms with Crippen LogP contribution in [0.4, 0.5) is 0 Å². The van der Waals surface area contributed by atoms with E-state index in [0.29, 0.717) is 0 Å². The number of ether oxygens (including phenoxy) is 4. The average Bonchev–Trinajstić information content (AvgIpc) is 2.57. The predicted molar refractivity (Wildman–Crippen MR) is 55.9 cm³/mol. The molecule has 98 valence electrons. The lowest BCUT2D eigenvalue weighted by atomic mass is 9.91. The lowest BCUT2D eigenvalue weighted by molar-refractivity contribution is -0.242. The molecule has 0 bridgehead atoms. The van der Waals surface area contributed by atoms with Gasteiger partial charge in [0.15, 0.2) is 18.2 Å². The Labute approximate surface area is 99.8 Å². The molecule has 0 aromatic carbocycles. The fourth-order valence-corrected chi connectivity index (χ4v) is 2.22. The van der Waals surface area contributed by atoms with Gasteiger partial charge in [0, 0.05) is 5.92 Å². The van der Waals surface area contributed by atoms with E-state index in [4.69, 9.17) is 14.2 Å². The van der Waals surface area contributed by atoms with Crippen LogP contribution in [-0.2, 0) is 23.7 Å². The van der Waals surface area contributed by atoms with Gasteiger partial charge in [0.1, 0.15) is 6.10 Å². The molecule has 2 unspecified atom stereocenters. The van der Waals surface area contributed by atoms with Gasteiger partial charge in [-0.1, -0.05) is 6.92 Å². The number of rotatable bonds is 1. The van der Waals surface area contributed by atoms with Crippen molar-refractivity contribution >= 4 is 5.97 Å². The molecule has 2 saturated heterocycles. The molecule has 5 atom stereocenters. The molecule has 0 spiro atoms. The smallest absolute Gasteiger partial charge is 0.337 e. The molecule has 2 aliphatic heterocycles. The Kier molecular flexibility index (Phi) is 3.15. The Morgan fingerprint density at radius 1 is 1.35 bits per heavy atom. The highest BCUT2D eigenvalue weighted by Crippen LogP contribution is 2.39. The molecule has 0 aliphatic carbocycles. The van der Waals surface area contributed by atoms with Crippen molar-refractivity contribution in [3.63, 3.8) is 0 Å². The summed E-state index contributed by atoms with van der Waals surface area (Å²) in [5.74, 6) is -1.63. The van der Waals surface area contributed by atoms with Crippen LogP contribution < -0.4 is 0 Å². The number of methoxy groups -OCH3 is 1. The summed E-state index contributed by atoms with van der Waals surface area (Å²) in [6.45, 7) is 5.33. The number of aliphatic hydroxyl groups excluding tert-OH is 1. The van der Waals surface area contributed by atoms with E-state index in [1.54, 1.807) is 20.8 Å². The van der Waals surface area contributed by atoms with Crippen LogP contribution in [0.5, 0.6) is 0 Å².